The van der Waals surface area contributed by atoms with Crippen molar-refractivity contribution >= 4 is 57.1 Å². The molecule has 11 nitrogen and oxygen atoms in total. The van der Waals surface area contributed by atoms with E-state index in [4.69, 9.17) is 18.9 Å². The number of anilines is 2. The lowest BCUT2D eigenvalue weighted by Crippen LogP contribution is -2.54. The van der Waals surface area contributed by atoms with Crippen molar-refractivity contribution in [3.05, 3.63) is 75.8 Å². The molecule has 0 spiro atoms. The Balaban J connectivity index is 1.59. The van der Waals surface area contributed by atoms with Crippen LogP contribution in [0.5, 0.6) is 23.0 Å². The first kappa shape index (κ1) is 32.1. The zero-order valence-corrected chi connectivity index (χ0v) is 26.3. The fraction of sp³-hybridized carbons (Fsp3) is 0.250. The molecule has 0 atom stereocenters. The molecule has 5 amide bonds. The van der Waals surface area contributed by atoms with E-state index in [-0.39, 0.29) is 41.9 Å². The van der Waals surface area contributed by atoms with Crippen LogP contribution in [-0.4, -0.2) is 50.7 Å². The first-order valence-corrected chi connectivity index (χ1v) is 14.6. The standard InChI is InChI=1S/C32H32BrN3O8/c1-5-13-43-25-12-11-21(17-26(25)41-4)36-31(39)22(30(38)35-32(36)40)14-20-15-23(33)29(27(16-20)42-6-2)44-18-28(37)34-24-10-8-7-9-19(24)3/h7-12,14-17H,5-6,13,18H2,1-4H3,(H,34,37)(H,35,38,40)/b22-14-. The smallest absolute Gasteiger partial charge is 0.335 e. The van der Waals surface area contributed by atoms with Gasteiger partial charge < -0.3 is 24.3 Å². The SMILES string of the molecule is CCCOc1ccc(N2C(=O)NC(=O)/C(=C/c3cc(Br)c(OCC(=O)Nc4ccccc4C)c(OCC)c3)C2=O)cc1OC. The number of carbonyl (C=O) groups is 4. The highest BCUT2D eigenvalue weighted by Crippen LogP contribution is 2.38. The van der Waals surface area contributed by atoms with E-state index < -0.39 is 17.8 Å². The van der Waals surface area contributed by atoms with Crippen LogP contribution in [0.3, 0.4) is 0 Å². The summed E-state index contributed by atoms with van der Waals surface area (Å²) in [6.45, 7) is 6.07. The van der Waals surface area contributed by atoms with Gasteiger partial charge in [-0.05, 0) is 83.7 Å². The number of halogens is 1. The molecule has 1 aliphatic rings. The Morgan fingerprint density at radius 3 is 2.45 bits per heavy atom. The minimum Gasteiger partial charge on any atom is -0.493 e. The Kier molecular flexibility index (Phi) is 10.6. The fourth-order valence-corrected chi connectivity index (χ4v) is 4.87. The van der Waals surface area contributed by atoms with Crippen molar-refractivity contribution in [2.24, 2.45) is 0 Å². The lowest BCUT2D eigenvalue weighted by Gasteiger charge is -2.27. The summed E-state index contributed by atoms with van der Waals surface area (Å²) in [5.74, 6) is -0.719. The topological polar surface area (TPSA) is 132 Å². The van der Waals surface area contributed by atoms with E-state index in [0.29, 0.717) is 33.8 Å². The van der Waals surface area contributed by atoms with Crippen molar-refractivity contribution < 1.29 is 38.1 Å². The molecule has 4 rings (SSSR count). The number of benzene rings is 3. The third-order valence-corrected chi connectivity index (χ3v) is 6.97. The number of hydrogen-bond donors (Lipinski definition) is 2. The van der Waals surface area contributed by atoms with E-state index in [9.17, 15) is 19.2 Å². The number of aryl methyl sites for hydroxylation is 1. The first-order chi connectivity index (χ1) is 21.2. The minimum atomic E-state index is -0.898. The Morgan fingerprint density at radius 2 is 1.75 bits per heavy atom. The van der Waals surface area contributed by atoms with Crippen molar-refractivity contribution in [1.29, 1.82) is 0 Å². The van der Waals surface area contributed by atoms with Gasteiger partial charge in [0.1, 0.15) is 5.57 Å². The number of urea groups is 1. The van der Waals surface area contributed by atoms with Gasteiger partial charge in [-0.15, -0.1) is 0 Å². The molecule has 44 heavy (non-hydrogen) atoms. The molecule has 0 saturated carbocycles. The zero-order valence-electron chi connectivity index (χ0n) is 24.7. The molecule has 0 radical (unpaired) electrons. The summed E-state index contributed by atoms with van der Waals surface area (Å²) >= 11 is 3.45. The maximum absolute atomic E-state index is 13.5. The van der Waals surface area contributed by atoms with Gasteiger partial charge >= 0.3 is 6.03 Å². The van der Waals surface area contributed by atoms with Gasteiger partial charge in [-0.1, -0.05) is 25.1 Å². The second kappa shape index (κ2) is 14.6. The number of nitrogens with one attached hydrogen (secondary N) is 2. The van der Waals surface area contributed by atoms with Gasteiger partial charge in [-0.25, -0.2) is 9.69 Å². The van der Waals surface area contributed by atoms with Crippen LogP contribution in [0, 0.1) is 6.92 Å². The fourth-order valence-electron chi connectivity index (χ4n) is 4.30. The lowest BCUT2D eigenvalue weighted by atomic mass is 10.1. The summed E-state index contributed by atoms with van der Waals surface area (Å²) in [5, 5.41) is 5.02. The first-order valence-electron chi connectivity index (χ1n) is 13.8. The van der Waals surface area contributed by atoms with Gasteiger partial charge in [0, 0.05) is 11.8 Å². The average Bonchev–Trinajstić information content (AvgIpc) is 2.99. The molecule has 1 aliphatic heterocycles. The van der Waals surface area contributed by atoms with Crippen LogP contribution in [0.4, 0.5) is 16.2 Å². The van der Waals surface area contributed by atoms with E-state index in [1.165, 1.54) is 25.3 Å². The van der Waals surface area contributed by atoms with Gasteiger partial charge in [0.15, 0.2) is 29.6 Å². The van der Waals surface area contributed by atoms with Crippen LogP contribution in [0.2, 0.25) is 0 Å². The Labute approximate surface area is 263 Å². The summed E-state index contributed by atoms with van der Waals surface area (Å²) in [6.07, 6.45) is 2.13. The maximum Gasteiger partial charge on any atom is 0.335 e. The van der Waals surface area contributed by atoms with Crippen molar-refractivity contribution in [3.8, 4) is 23.0 Å². The monoisotopic (exact) mass is 665 g/mol. The van der Waals surface area contributed by atoms with Crippen molar-refractivity contribution in [2.45, 2.75) is 27.2 Å². The molecule has 1 heterocycles. The quantitative estimate of drug-likeness (QED) is 0.188. The molecule has 1 fully saturated rings. The number of carbonyl (C=O) groups excluding carboxylic acids is 4. The molecule has 3 aromatic carbocycles. The molecule has 2 N–H and O–H groups in total. The highest BCUT2D eigenvalue weighted by molar-refractivity contribution is 9.10. The number of amides is 5. The Hall–Kier alpha value is -4.84. The number of para-hydroxylation sites is 1. The Bertz CT molecular complexity index is 1620. The van der Waals surface area contributed by atoms with E-state index in [1.54, 1.807) is 31.2 Å². The van der Waals surface area contributed by atoms with Gasteiger partial charge in [-0.2, -0.15) is 0 Å². The number of rotatable bonds is 12. The van der Waals surface area contributed by atoms with Crippen LogP contribution < -0.4 is 34.5 Å². The van der Waals surface area contributed by atoms with E-state index in [2.05, 4.69) is 26.6 Å². The molecule has 0 unspecified atom stereocenters. The molecule has 12 heteroatoms. The lowest BCUT2D eigenvalue weighted by molar-refractivity contribution is -0.122. The van der Waals surface area contributed by atoms with Crippen molar-refractivity contribution in [2.75, 3.05) is 37.1 Å². The minimum absolute atomic E-state index is 0.190. The average molecular weight is 667 g/mol. The molecule has 230 valence electrons. The molecular formula is C32H32BrN3O8. The molecular weight excluding hydrogens is 634 g/mol. The third kappa shape index (κ3) is 7.38. The van der Waals surface area contributed by atoms with Crippen LogP contribution in [-0.2, 0) is 14.4 Å². The normalized spacial score (nSPS) is 13.9. The van der Waals surface area contributed by atoms with Crippen LogP contribution in [0.1, 0.15) is 31.4 Å². The number of methoxy groups -OCH3 is 1. The van der Waals surface area contributed by atoms with Gasteiger partial charge in [0.2, 0.25) is 0 Å². The van der Waals surface area contributed by atoms with Crippen LogP contribution in [0.25, 0.3) is 6.08 Å². The van der Waals surface area contributed by atoms with Crippen molar-refractivity contribution in [3.63, 3.8) is 0 Å². The molecule has 0 bridgehead atoms. The van der Waals surface area contributed by atoms with Gasteiger partial charge in [-0.3, -0.25) is 19.7 Å². The number of ether oxygens (including phenoxy) is 4. The number of barbiturate groups is 1. The number of hydrogen-bond acceptors (Lipinski definition) is 8. The molecule has 0 aliphatic carbocycles. The van der Waals surface area contributed by atoms with E-state index in [1.807, 2.05) is 32.0 Å². The second-order valence-electron chi connectivity index (χ2n) is 9.56. The van der Waals surface area contributed by atoms with Gasteiger partial charge in [0.05, 0.1) is 30.5 Å². The molecule has 0 aromatic heterocycles. The zero-order chi connectivity index (χ0) is 31.8. The molecule has 1 saturated heterocycles. The Morgan fingerprint density at radius 1 is 0.977 bits per heavy atom. The summed E-state index contributed by atoms with van der Waals surface area (Å²) in [6, 6.07) is 14.3. The van der Waals surface area contributed by atoms with Crippen LogP contribution in [0.15, 0.2) is 64.6 Å². The van der Waals surface area contributed by atoms with Crippen molar-refractivity contribution in [1.82, 2.24) is 5.32 Å². The highest BCUT2D eigenvalue weighted by atomic mass is 79.9. The van der Waals surface area contributed by atoms with Crippen LogP contribution >= 0.6 is 15.9 Å². The van der Waals surface area contributed by atoms with E-state index in [0.717, 1.165) is 16.9 Å². The largest absolute Gasteiger partial charge is 0.493 e. The summed E-state index contributed by atoms with van der Waals surface area (Å²) < 4.78 is 23.0. The highest BCUT2D eigenvalue weighted by Gasteiger charge is 2.37. The predicted molar refractivity (Wildman–Crippen MR) is 168 cm³/mol. The number of nitrogens with zero attached hydrogens (tertiary/aromatic N) is 1. The summed E-state index contributed by atoms with van der Waals surface area (Å²) in [7, 11) is 1.45. The predicted octanol–water partition coefficient (Wildman–Crippen LogP) is 5.64. The summed E-state index contributed by atoms with van der Waals surface area (Å²) in [5.41, 5.74) is 1.90. The maximum atomic E-state index is 13.5. The van der Waals surface area contributed by atoms with E-state index >= 15 is 0 Å². The summed E-state index contributed by atoms with van der Waals surface area (Å²) in [4.78, 5) is 52.5. The molecule has 3 aromatic rings. The van der Waals surface area contributed by atoms with Gasteiger partial charge in [0.25, 0.3) is 17.7 Å². The second-order valence-corrected chi connectivity index (χ2v) is 10.4. The third-order valence-electron chi connectivity index (χ3n) is 6.38. The number of imide groups is 2.